The molecule has 3 N–H and O–H groups in total. The maximum atomic E-state index is 13.7. The van der Waals surface area contributed by atoms with Crippen LogP contribution in [0, 0.1) is 0 Å². The summed E-state index contributed by atoms with van der Waals surface area (Å²) in [4.78, 5) is 117. The Morgan fingerprint density at radius 2 is 0.730 bits per heavy atom. The molecule has 0 aromatic carbocycles. The molecular weight excluding hydrogens is 1350 g/mol. The number of unbranched alkanes of at least 4 members (excludes halogenated alkanes) is 30. The van der Waals surface area contributed by atoms with E-state index in [1.54, 1.807) is 0 Å². The second-order valence-corrected chi connectivity index (χ2v) is 27.6. The summed E-state index contributed by atoms with van der Waals surface area (Å²) in [5, 5.41) is 7.52. The molecule has 74 heavy (non-hydrogen) atoms. The van der Waals surface area contributed by atoms with Gasteiger partial charge in [-0.15, -0.1) is 0 Å². The maximum absolute atomic E-state index is 13.7. The normalized spacial score (nSPS) is 16.7. The molecule has 0 aliphatic carbocycles. The molecule has 2 heterocycles. The quantitative estimate of drug-likeness (QED) is 0.0379. The molecule has 0 unspecified atom stereocenters. The van der Waals surface area contributed by atoms with Crippen molar-refractivity contribution in [3.05, 3.63) is 0 Å². The Bertz CT molecular complexity index is 1660. The molecule has 2 aliphatic heterocycles. The molecule has 3 atom stereocenters. The van der Waals surface area contributed by atoms with Crippen LogP contribution < -0.4 is 16.0 Å². The van der Waals surface area contributed by atoms with Crippen molar-refractivity contribution in [2.45, 2.75) is 289 Å². The van der Waals surface area contributed by atoms with E-state index in [0.717, 1.165) is 83.5 Å². The zero-order valence-corrected chi connectivity index (χ0v) is 52.3. The second-order valence-electron chi connectivity index (χ2n) is 19.9. The van der Waals surface area contributed by atoms with Gasteiger partial charge in [0.1, 0.15) is 0 Å². The van der Waals surface area contributed by atoms with Crippen molar-refractivity contribution in [1.82, 2.24) is 16.0 Å². The summed E-state index contributed by atoms with van der Waals surface area (Å²) in [6.45, 7) is 6.59. The predicted octanol–water partition coefficient (Wildman–Crippen LogP) is 9.97. The average Bonchev–Trinajstić information content (AvgIpc) is 3.57. The molecular formula is C54H93Bi2N3O15. The van der Waals surface area contributed by atoms with E-state index >= 15 is 0 Å². The molecule has 424 valence electrons. The van der Waals surface area contributed by atoms with Crippen LogP contribution in [0.4, 0.5) is 0 Å². The Kier molecular flexibility index (Phi) is 39.9. The summed E-state index contributed by atoms with van der Waals surface area (Å²) in [5.41, 5.74) is 0. The first kappa shape index (κ1) is 67.1. The number of nitrogens with one attached hydrogen (secondary N) is 3. The topological polar surface area (TPSA) is 245 Å². The van der Waals surface area contributed by atoms with Crippen molar-refractivity contribution in [2.75, 3.05) is 0 Å². The van der Waals surface area contributed by atoms with Crippen molar-refractivity contribution >= 4 is 99.7 Å². The summed E-state index contributed by atoms with van der Waals surface area (Å²) in [6.07, 6.45) is 34.4. The van der Waals surface area contributed by atoms with Crippen LogP contribution in [-0.4, -0.2) is 118 Å². The van der Waals surface area contributed by atoms with E-state index in [-0.39, 0.29) is 19.3 Å². The van der Waals surface area contributed by atoms with Crippen LogP contribution in [0.15, 0.2) is 0 Å². The van der Waals surface area contributed by atoms with Crippen LogP contribution in [0.5, 0.6) is 0 Å². The molecule has 0 aromatic rings. The van der Waals surface area contributed by atoms with Crippen LogP contribution in [0.3, 0.4) is 0 Å². The molecule has 3 amide bonds. The first-order chi connectivity index (χ1) is 35.8. The van der Waals surface area contributed by atoms with Crippen molar-refractivity contribution < 1.29 is 60.0 Å². The van der Waals surface area contributed by atoms with Crippen LogP contribution >= 0.6 is 0 Å². The van der Waals surface area contributed by atoms with Crippen LogP contribution in [-0.2, 0) is 60.0 Å². The van der Waals surface area contributed by atoms with Gasteiger partial charge in [0.25, 0.3) is 0 Å². The standard InChI is InChI=1S/3C18H33NO5.2Bi/c3*1-2-3-4-5-6-7-8-9-10-11-12-13-16(20)19-15(18(23)24)14-17(21)22;;/h3*15H,2-14H2,1H3,(H,19,20)(H,21,22)(H,23,24);;/q;;;2*+3/p-6/t3*15-;;/m100../s1. The average molecular weight is 1440 g/mol. The van der Waals surface area contributed by atoms with E-state index in [9.17, 15) is 43.2 Å². The van der Waals surface area contributed by atoms with Gasteiger partial charge >= 0.3 is 348 Å². The van der Waals surface area contributed by atoms with Crippen LogP contribution in [0.2, 0.25) is 0 Å². The van der Waals surface area contributed by atoms with Gasteiger partial charge in [-0.3, -0.25) is 0 Å². The number of rotatable bonds is 44. The van der Waals surface area contributed by atoms with E-state index < -0.39 is 137 Å². The molecule has 0 radical (unpaired) electrons. The van der Waals surface area contributed by atoms with Crippen molar-refractivity contribution in [3.8, 4) is 0 Å². The molecule has 0 spiro atoms. The van der Waals surface area contributed by atoms with Gasteiger partial charge in [0, 0.05) is 0 Å². The Morgan fingerprint density at radius 3 is 1.07 bits per heavy atom. The van der Waals surface area contributed by atoms with E-state index in [1.807, 2.05) is 0 Å². The summed E-state index contributed by atoms with van der Waals surface area (Å²) < 4.78 is 31.8. The van der Waals surface area contributed by atoms with Gasteiger partial charge in [-0.2, -0.15) is 0 Å². The number of hydrogen-bond acceptors (Lipinski definition) is 15. The molecule has 2 aliphatic rings. The van der Waals surface area contributed by atoms with Gasteiger partial charge in [-0.25, -0.2) is 0 Å². The minimum atomic E-state index is -4.74. The monoisotopic (exact) mass is 1440 g/mol. The fraction of sp³-hybridized carbons (Fsp3) is 0.833. The molecule has 2 saturated heterocycles. The predicted molar refractivity (Wildman–Crippen MR) is 281 cm³/mol. The van der Waals surface area contributed by atoms with E-state index in [2.05, 4.69) is 36.7 Å². The van der Waals surface area contributed by atoms with Gasteiger partial charge in [0.05, 0.1) is 0 Å². The van der Waals surface area contributed by atoms with Crippen LogP contribution in [0.25, 0.3) is 0 Å². The fourth-order valence-corrected chi connectivity index (χ4v) is 15.5. The number of amides is 3. The Morgan fingerprint density at radius 1 is 0.432 bits per heavy atom. The van der Waals surface area contributed by atoms with Crippen LogP contribution in [0.1, 0.15) is 271 Å². The molecule has 0 bridgehead atoms. The van der Waals surface area contributed by atoms with Gasteiger partial charge in [-0.1, -0.05) is 117 Å². The van der Waals surface area contributed by atoms with Crippen molar-refractivity contribution in [3.63, 3.8) is 0 Å². The van der Waals surface area contributed by atoms with Gasteiger partial charge in [0.15, 0.2) is 0 Å². The molecule has 20 heteroatoms. The van der Waals surface area contributed by atoms with Crippen molar-refractivity contribution in [1.29, 1.82) is 0 Å². The zero-order valence-electron chi connectivity index (χ0n) is 45.3. The van der Waals surface area contributed by atoms with E-state index in [4.69, 9.17) is 16.9 Å². The van der Waals surface area contributed by atoms with Gasteiger partial charge in [-0.05, 0) is 0 Å². The molecule has 2 rings (SSSR count). The third-order valence-corrected chi connectivity index (χ3v) is 21.0. The Hall–Kier alpha value is -3.00. The number of hydrogen-bond donors (Lipinski definition) is 3. The minimum absolute atomic E-state index is 0.00955. The third-order valence-electron chi connectivity index (χ3n) is 13.0. The SMILES string of the molecule is CCCCCCCCCCCCCC(=O)N[C@H]1CC(=O)[O][Bi]([O]C(=O)C[C@H](NC(=O)CCCCCCCCCCCCC)C(=O)[O][Bi]2[O]C(=O)C[C@@H](NC(=O)CCCCCCCCCCCCC)C(=O)[O]2)[O]C1=O. The molecule has 0 saturated carbocycles. The summed E-state index contributed by atoms with van der Waals surface area (Å²) in [6, 6.07) is -4.44. The number of carbonyl (C=O) groups excluding carboxylic acids is 9. The molecule has 2 fully saturated rings. The molecule has 18 nitrogen and oxygen atoms in total. The Balaban J connectivity index is 1.93. The zero-order chi connectivity index (χ0) is 54.0. The summed E-state index contributed by atoms with van der Waals surface area (Å²) in [7, 11) is 0. The summed E-state index contributed by atoms with van der Waals surface area (Å²) in [5.74, 6) is -7.78. The first-order valence-electron chi connectivity index (χ1n) is 28.6. The van der Waals surface area contributed by atoms with E-state index in [0.29, 0.717) is 19.3 Å². The summed E-state index contributed by atoms with van der Waals surface area (Å²) >= 11 is -9.41. The first-order valence-corrected chi connectivity index (χ1v) is 37.1. The van der Waals surface area contributed by atoms with Crippen molar-refractivity contribution in [2.24, 2.45) is 0 Å². The van der Waals surface area contributed by atoms with Gasteiger partial charge < -0.3 is 0 Å². The third kappa shape index (κ3) is 34.6. The van der Waals surface area contributed by atoms with E-state index in [1.165, 1.54) is 109 Å². The number of carbonyl (C=O) groups is 9. The fourth-order valence-electron chi connectivity index (χ4n) is 8.61. The second kappa shape index (κ2) is 44.0. The van der Waals surface area contributed by atoms with Gasteiger partial charge in [0.2, 0.25) is 0 Å². The molecule has 0 aromatic heterocycles. The Labute approximate surface area is 461 Å².